The zero-order valence-corrected chi connectivity index (χ0v) is 9.77. The quantitative estimate of drug-likeness (QED) is 0.689. The summed E-state index contributed by atoms with van der Waals surface area (Å²) in [5, 5.41) is 0. The highest BCUT2D eigenvalue weighted by Crippen LogP contribution is 2.08. The number of pyridine rings is 1. The molecule has 0 aromatic carbocycles. The van der Waals surface area contributed by atoms with Gasteiger partial charge in [0.2, 0.25) is 5.88 Å². The molecule has 88 valence electrons. The Kier molecular flexibility index (Phi) is 4.72. The molecular weight excluding hydrogens is 208 g/mol. The van der Waals surface area contributed by atoms with Crippen LogP contribution in [0.25, 0.3) is 0 Å². The summed E-state index contributed by atoms with van der Waals surface area (Å²) < 4.78 is 9.60. The van der Waals surface area contributed by atoms with Crippen molar-refractivity contribution in [3.63, 3.8) is 0 Å². The van der Waals surface area contributed by atoms with Gasteiger partial charge in [0.1, 0.15) is 0 Å². The average molecular weight is 224 g/mol. The Balaban J connectivity index is 2.55. The number of carbonyl (C=O) groups excluding carboxylic acids is 1. The predicted octanol–water partition coefficient (Wildman–Crippen LogP) is 0.695. The molecule has 0 amide bonds. The van der Waals surface area contributed by atoms with Gasteiger partial charge in [0.15, 0.2) is 0 Å². The molecule has 1 aromatic heterocycles. The maximum atomic E-state index is 11.0. The topological polar surface area (TPSA) is 51.7 Å². The summed E-state index contributed by atoms with van der Waals surface area (Å²) >= 11 is 0. The molecule has 1 aromatic rings. The first-order valence-electron chi connectivity index (χ1n) is 4.91. The number of aromatic nitrogens is 1. The van der Waals surface area contributed by atoms with Crippen molar-refractivity contribution in [2.24, 2.45) is 0 Å². The molecule has 0 unspecified atom stereocenters. The third kappa shape index (κ3) is 3.86. The Morgan fingerprint density at radius 3 is 2.81 bits per heavy atom. The van der Waals surface area contributed by atoms with Crippen molar-refractivity contribution in [3.8, 4) is 5.88 Å². The average Bonchev–Trinajstić information content (AvgIpc) is 2.28. The summed E-state index contributed by atoms with van der Waals surface area (Å²) in [5.41, 5.74) is 0.853. The van der Waals surface area contributed by atoms with E-state index < -0.39 is 0 Å². The first kappa shape index (κ1) is 12.4. The van der Waals surface area contributed by atoms with E-state index in [2.05, 4.69) is 9.72 Å². The summed E-state index contributed by atoms with van der Waals surface area (Å²) in [6, 6.07) is 5.53. The van der Waals surface area contributed by atoms with E-state index in [4.69, 9.17) is 4.74 Å². The van der Waals surface area contributed by atoms with Crippen LogP contribution < -0.4 is 4.74 Å². The fourth-order valence-electron chi connectivity index (χ4n) is 1.28. The van der Waals surface area contributed by atoms with Crippen LogP contribution in [0, 0.1) is 0 Å². The highest BCUT2D eigenvalue weighted by Gasteiger charge is 2.07. The van der Waals surface area contributed by atoms with Gasteiger partial charge in [-0.2, -0.15) is 0 Å². The maximum absolute atomic E-state index is 11.0. The second-order valence-electron chi connectivity index (χ2n) is 3.42. The SMILES string of the molecule is COC(=O)CN(C)Cc1cccc(OC)n1. The Morgan fingerprint density at radius 1 is 1.44 bits per heavy atom. The van der Waals surface area contributed by atoms with E-state index in [9.17, 15) is 4.79 Å². The highest BCUT2D eigenvalue weighted by molar-refractivity contribution is 5.71. The van der Waals surface area contributed by atoms with Crippen LogP contribution in [-0.2, 0) is 16.1 Å². The number of ether oxygens (including phenoxy) is 2. The lowest BCUT2D eigenvalue weighted by atomic mass is 10.3. The molecule has 0 aliphatic heterocycles. The third-order valence-electron chi connectivity index (χ3n) is 2.05. The van der Waals surface area contributed by atoms with Gasteiger partial charge in [-0.3, -0.25) is 9.69 Å². The molecule has 1 rings (SSSR count). The first-order chi connectivity index (χ1) is 7.65. The Labute approximate surface area is 95.0 Å². The molecule has 0 saturated heterocycles. The summed E-state index contributed by atoms with van der Waals surface area (Å²) in [6.45, 7) is 0.821. The number of methoxy groups -OCH3 is 2. The summed E-state index contributed by atoms with van der Waals surface area (Å²) in [5.74, 6) is 0.314. The minimum absolute atomic E-state index is 0.245. The molecule has 0 atom stereocenters. The molecule has 0 N–H and O–H groups in total. The molecule has 16 heavy (non-hydrogen) atoms. The van der Waals surface area contributed by atoms with Gasteiger partial charge in [-0.1, -0.05) is 6.07 Å². The van der Waals surface area contributed by atoms with Crippen LogP contribution in [0.15, 0.2) is 18.2 Å². The molecule has 0 saturated carbocycles. The van der Waals surface area contributed by atoms with Crippen LogP contribution in [0.2, 0.25) is 0 Å². The summed E-state index contributed by atoms with van der Waals surface area (Å²) in [4.78, 5) is 17.1. The number of nitrogens with zero attached hydrogens (tertiary/aromatic N) is 2. The first-order valence-corrected chi connectivity index (χ1v) is 4.91. The maximum Gasteiger partial charge on any atom is 0.319 e. The van der Waals surface area contributed by atoms with Crippen molar-refractivity contribution < 1.29 is 14.3 Å². The van der Waals surface area contributed by atoms with Gasteiger partial charge in [-0.25, -0.2) is 4.98 Å². The molecule has 0 radical (unpaired) electrons. The van der Waals surface area contributed by atoms with Gasteiger partial charge in [0, 0.05) is 12.6 Å². The second-order valence-corrected chi connectivity index (χ2v) is 3.42. The van der Waals surface area contributed by atoms with E-state index in [1.807, 2.05) is 24.1 Å². The normalized spacial score (nSPS) is 10.2. The van der Waals surface area contributed by atoms with E-state index in [0.717, 1.165) is 5.69 Å². The van der Waals surface area contributed by atoms with Crippen molar-refractivity contribution >= 4 is 5.97 Å². The second kappa shape index (κ2) is 6.07. The molecule has 0 aliphatic rings. The van der Waals surface area contributed by atoms with Crippen LogP contribution in [0.1, 0.15) is 5.69 Å². The Bertz CT molecular complexity index is 355. The zero-order valence-electron chi connectivity index (χ0n) is 9.77. The van der Waals surface area contributed by atoms with Gasteiger partial charge < -0.3 is 9.47 Å². The van der Waals surface area contributed by atoms with Gasteiger partial charge >= 0.3 is 5.97 Å². The highest BCUT2D eigenvalue weighted by atomic mass is 16.5. The smallest absolute Gasteiger partial charge is 0.319 e. The van der Waals surface area contributed by atoms with Crippen LogP contribution in [0.3, 0.4) is 0 Å². The lowest BCUT2D eigenvalue weighted by Crippen LogP contribution is -2.26. The number of hydrogen-bond donors (Lipinski definition) is 0. The van der Waals surface area contributed by atoms with Crippen molar-refractivity contribution in [1.82, 2.24) is 9.88 Å². The summed E-state index contributed by atoms with van der Waals surface area (Å²) in [6.07, 6.45) is 0. The molecule has 5 heteroatoms. The lowest BCUT2D eigenvalue weighted by molar-refractivity contribution is -0.141. The van der Waals surface area contributed by atoms with Crippen LogP contribution in [-0.4, -0.2) is 43.7 Å². The summed E-state index contributed by atoms with van der Waals surface area (Å²) in [7, 11) is 4.78. The van der Waals surface area contributed by atoms with Crippen LogP contribution >= 0.6 is 0 Å². The van der Waals surface area contributed by atoms with Gasteiger partial charge in [-0.15, -0.1) is 0 Å². The van der Waals surface area contributed by atoms with Crippen molar-refractivity contribution in [2.75, 3.05) is 27.8 Å². The fourth-order valence-corrected chi connectivity index (χ4v) is 1.28. The van der Waals surface area contributed by atoms with Crippen LogP contribution in [0.4, 0.5) is 0 Å². The zero-order chi connectivity index (χ0) is 12.0. The Hall–Kier alpha value is -1.62. The molecule has 0 fully saturated rings. The standard InChI is InChI=1S/C11H16N2O3/c1-13(8-11(14)16-3)7-9-5-4-6-10(12-9)15-2/h4-6H,7-8H2,1-3H3. The minimum atomic E-state index is -0.259. The van der Waals surface area contributed by atoms with Crippen LogP contribution in [0.5, 0.6) is 5.88 Å². The van der Waals surface area contributed by atoms with Crippen molar-refractivity contribution in [2.45, 2.75) is 6.54 Å². The van der Waals surface area contributed by atoms with E-state index in [1.54, 1.807) is 13.2 Å². The van der Waals surface area contributed by atoms with Gasteiger partial charge in [0.25, 0.3) is 0 Å². The van der Waals surface area contributed by atoms with Gasteiger partial charge in [0.05, 0.1) is 26.5 Å². The number of likely N-dealkylation sites (N-methyl/N-ethyl adjacent to an activating group) is 1. The molecule has 0 aliphatic carbocycles. The van der Waals surface area contributed by atoms with E-state index in [-0.39, 0.29) is 12.5 Å². The number of esters is 1. The minimum Gasteiger partial charge on any atom is -0.481 e. The third-order valence-corrected chi connectivity index (χ3v) is 2.05. The number of hydrogen-bond acceptors (Lipinski definition) is 5. The van der Waals surface area contributed by atoms with E-state index in [0.29, 0.717) is 12.4 Å². The Morgan fingerprint density at radius 2 is 2.19 bits per heavy atom. The molecule has 0 spiro atoms. The molecule has 0 bridgehead atoms. The fraction of sp³-hybridized carbons (Fsp3) is 0.455. The van der Waals surface area contributed by atoms with Gasteiger partial charge in [-0.05, 0) is 13.1 Å². The van der Waals surface area contributed by atoms with Crippen molar-refractivity contribution in [3.05, 3.63) is 23.9 Å². The monoisotopic (exact) mass is 224 g/mol. The van der Waals surface area contributed by atoms with Crippen molar-refractivity contribution in [1.29, 1.82) is 0 Å². The molecular formula is C11H16N2O3. The molecule has 1 heterocycles. The van der Waals surface area contributed by atoms with E-state index in [1.165, 1.54) is 7.11 Å². The predicted molar refractivity (Wildman–Crippen MR) is 59.1 cm³/mol. The number of rotatable bonds is 5. The lowest BCUT2D eigenvalue weighted by Gasteiger charge is -2.14. The molecule has 5 nitrogen and oxygen atoms in total. The number of carbonyl (C=O) groups is 1. The largest absolute Gasteiger partial charge is 0.481 e. The van der Waals surface area contributed by atoms with E-state index >= 15 is 0 Å².